The van der Waals surface area contributed by atoms with Crippen molar-refractivity contribution in [2.24, 2.45) is 0 Å². The Hall–Kier alpha value is -1.59. The lowest BCUT2D eigenvalue weighted by atomic mass is 10.0. The van der Waals surface area contributed by atoms with Crippen LogP contribution >= 0.6 is 11.8 Å². The Morgan fingerprint density at radius 3 is 3.00 bits per heavy atom. The fourth-order valence-corrected chi connectivity index (χ4v) is 2.67. The summed E-state index contributed by atoms with van der Waals surface area (Å²) in [6, 6.07) is 7.87. The molecule has 0 unspecified atom stereocenters. The largest absolute Gasteiger partial charge is 0.383 e. The summed E-state index contributed by atoms with van der Waals surface area (Å²) < 4.78 is 0. The molecule has 0 saturated heterocycles. The van der Waals surface area contributed by atoms with Gasteiger partial charge in [0, 0.05) is 18.1 Å². The van der Waals surface area contributed by atoms with Crippen LogP contribution in [0.25, 0.3) is 10.9 Å². The van der Waals surface area contributed by atoms with Gasteiger partial charge in [0.1, 0.15) is 6.10 Å². The van der Waals surface area contributed by atoms with E-state index in [-0.39, 0.29) is 5.91 Å². The van der Waals surface area contributed by atoms with E-state index in [1.165, 1.54) is 0 Å². The minimum Gasteiger partial charge on any atom is -0.383 e. The number of fused-ring (bicyclic) bond motifs is 1. The Bertz CT molecular complexity index is 631. The van der Waals surface area contributed by atoms with Gasteiger partial charge in [-0.25, -0.2) is 0 Å². The molecule has 0 saturated carbocycles. The second-order valence-corrected chi connectivity index (χ2v) is 5.93. The van der Waals surface area contributed by atoms with Gasteiger partial charge in [0.25, 0.3) is 0 Å². The summed E-state index contributed by atoms with van der Waals surface area (Å²) in [7, 11) is 0. The molecule has 21 heavy (non-hydrogen) atoms. The second kappa shape index (κ2) is 7.43. The highest BCUT2D eigenvalue weighted by molar-refractivity contribution is 7.98. The van der Waals surface area contributed by atoms with E-state index in [4.69, 9.17) is 0 Å². The third-order valence-corrected chi connectivity index (χ3v) is 4.11. The van der Waals surface area contributed by atoms with Gasteiger partial charge in [0.05, 0.1) is 5.52 Å². The lowest BCUT2D eigenvalue weighted by Crippen LogP contribution is -2.34. The molecule has 2 aromatic rings. The first kappa shape index (κ1) is 15.8. The molecule has 1 amide bonds. The zero-order valence-corrected chi connectivity index (χ0v) is 13.1. The molecule has 1 aromatic carbocycles. The van der Waals surface area contributed by atoms with Crippen molar-refractivity contribution in [3.8, 4) is 0 Å². The smallest absolute Gasteiger partial charge is 0.249 e. The summed E-state index contributed by atoms with van der Waals surface area (Å²) in [5.74, 6) is 0.454. The summed E-state index contributed by atoms with van der Waals surface area (Å²) >= 11 is 1.62. The molecule has 1 atom stereocenters. The van der Waals surface area contributed by atoms with Gasteiger partial charge in [-0.2, -0.15) is 11.8 Å². The summed E-state index contributed by atoms with van der Waals surface area (Å²) in [6.07, 6.45) is 3.25. The van der Waals surface area contributed by atoms with Gasteiger partial charge in [-0.05, 0) is 48.6 Å². The van der Waals surface area contributed by atoms with Crippen LogP contribution in [0.5, 0.6) is 0 Å². The predicted molar refractivity (Wildman–Crippen MR) is 87.3 cm³/mol. The molecule has 1 aromatic heterocycles. The first-order valence-corrected chi connectivity index (χ1v) is 8.30. The van der Waals surface area contributed by atoms with Crippen LogP contribution in [0.15, 0.2) is 30.5 Å². The lowest BCUT2D eigenvalue weighted by Gasteiger charge is -2.13. The number of benzene rings is 1. The normalized spacial score (nSPS) is 12.3. The van der Waals surface area contributed by atoms with Crippen molar-refractivity contribution >= 4 is 28.6 Å². The summed E-state index contributed by atoms with van der Waals surface area (Å²) in [5.41, 5.74) is 3.07. The third kappa shape index (κ3) is 3.95. The zero-order valence-electron chi connectivity index (χ0n) is 12.3. The molecule has 2 rings (SSSR count). The van der Waals surface area contributed by atoms with Crippen LogP contribution in [0.4, 0.5) is 0 Å². The number of pyridine rings is 1. The molecule has 1 heterocycles. The Morgan fingerprint density at radius 2 is 2.24 bits per heavy atom. The van der Waals surface area contributed by atoms with Crippen LogP contribution in [0.3, 0.4) is 0 Å². The summed E-state index contributed by atoms with van der Waals surface area (Å²) in [6.45, 7) is 2.42. The average Bonchev–Trinajstić information content (AvgIpc) is 2.51. The summed E-state index contributed by atoms with van der Waals surface area (Å²) in [4.78, 5) is 16.2. The first-order chi connectivity index (χ1) is 10.1. The Kier molecular flexibility index (Phi) is 5.59. The Labute approximate surface area is 129 Å². The van der Waals surface area contributed by atoms with Gasteiger partial charge in [0.15, 0.2) is 0 Å². The SMILES string of the molecule is CSCC[C@H](O)C(=O)NCc1c(C)ccc2ncccc12. The standard InChI is InChI=1S/C16H20N2O2S/c1-11-5-6-14-12(4-3-8-17-14)13(11)10-18-16(20)15(19)7-9-21-2/h3-6,8,15,19H,7,9-10H2,1-2H3,(H,18,20)/t15-/m0/s1. The maximum atomic E-state index is 11.9. The second-order valence-electron chi connectivity index (χ2n) is 4.95. The fraction of sp³-hybridized carbons (Fsp3) is 0.375. The van der Waals surface area contributed by atoms with Crippen molar-refractivity contribution in [3.05, 3.63) is 41.6 Å². The first-order valence-electron chi connectivity index (χ1n) is 6.91. The number of amides is 1. The van der Waals surface area contributed by atoms with Crippen LogP contribution in [-0.2, 0) is 11.3 Å². The van der Waals surface area contributed by atoms with E-state index in [1.807, 2.05) is 37.4 Å². The molecule has 0 fully saturated rings. The minimum atomic E-state index is -0.939. The molecule has 0 radical (unpaired) electrons. The summed E-state index contributed by atoms with van der Waals surface area (Å²) in [5, 5.41) is 13.6. The maximum Gasteiger partial charge on any atom is 0.249 e. The van der Waals surface area contributed by atoms with Gasteiger partial charge in [0.2, 0.25) is 5.91 Å². The number of carbonyl (C=O) groups is 1. The van der Waals surface area contributed by atoms with Crippen molar-refractivity contribution in [2.45, 2.75) is 26.0 Å². The van der Waals surface area contributed by atoms with Crippen LogP contribution in [0.2, 0.25) is 0 Å². The molecule has 5 heteroatoms. The third-order valence-electron chi connectivity index (χ3n) is 3.47. The lowest BCUT2D eigenvalue weighted by molar-refractivity contribution is -0.129. The van der Waals surface area contributed by atoms with Crippen LogP contribution in [0.1, 0.15) is 17.5 Å². The molecule has 0 bridgehead atoms. The number of aliphatic hydroxyl groups is 1. The van der Waals surface area contributed by atoms with Crippen molar-refractivity contribution in [1.29, 1.82) is 0 Å². The van der Waals surface area contributed by atoms with Gasteiger partial charge in [-0.1, -0.05) is 12.1 Å². The molecular formula is C16H20N2O2S. The van der Waals surface area contributed by atoms with E-state index in [9.17, 15) is 9.90 Å². The van der Waals surface area contributed by atoms with Crippen molar-refractivity contribution in [1.82, 2.24) is 10.3 Å². The number of aliphatic hydroxyl groups excluding tert-OH is 1. The van der Waals surface area contributed by atoms with Crippen molar-refractivity contribution < 1.29 is 9.90 Å². The number of thioether (sulfide) groups is 1. The number of rotatable bonds is 6. The predicted octanol–water partition coefficient (Wildman–Crippen LogP) is 2.27. The van der Waals surface area contributed by atoms with E-state index >= 15 is 0 Å². The molecular weight excluding hydrogens is 284 g/mol. The molecule has 112 valence electrons. The molecule has 4 nitrogen and oxygen atoms in total. The molecule has 2 N–H and O–H groups in total. The van der Waals surface area contributed by atoms with Crippen LogP contribution in [-0.4, -0.2) is 34.1 Å². The van der Waals surface area contributed by atoms with Gasteiger partial charge < -0.3 is 10.4 Å². The van der Waals surface area contributed by atoms with E-state index < -0.39 is 6.10 Å². The van der Waals surface area contributed by atoms with Crippen LogP contribution in [0, 0.1) is 6.92 Å². The average molecular weight is 304 g/mol. The van der Waals surface area contributed by atoms with Gasteiger partial charge in [-0.3, -0.25) is 9.78 Å². The highest BCUT2D eigenvalue weighted by Gasteiger charge is 2.15. The Balaban J connectivity index is 2.10. The highest BCUT2D eigenvalue weighted by atomic mass is 32.2. The quantitative estimate of drug-likeness (QED) is 0.859. The monoisotopic (exact) mass is 304 g/mol. The minimum absolute atomic E-state index is 0.315. The van der Waals surface area contributed by atoms with E-state index in [0.29, 0.717) is 13.0 Å². The maximum absolute atomic E-state index is 11.9. The fourth-order valence-electron chi connectivity index (χ4n) is 2.21. The number of aromatic nitrogens is 1. The van der Waals surface area contributed by atoms with Gasteiger partial charge >= 0.3 is 0 Å². The number of hydrogen-bond acceptors (Lipinski definition) is 4. The van der Waals surface area contributed by atoms with Crippen molar-refractivity contribution in [3.63, 3.8) is 0 Å². The van der Waals surface area contributed by atoms with E-state index in [2.05, 4.69) is 10.3 Å². The van der Waals surface area contributed by atoms with E-state index in [1.54, 1.807) is 18.0 Å². The van der Waals surface area contributed by atoms with E-state index in [0.717, 1.165) is 27.8 Å². The van der Waals surface area contributed by atoms with Crippen LogP contribution < -0.4 is 5.32 Å². The topological polar surface area (TPSA) is 62.2 Å². The molecule has 0 spiro atoms. The number of nitrogens with zero attached hydrogens (tertiary/aromatic N) is 1. The molecule has 0 aliphatic carbocycles. The molecule has 0 aliphatic rings. The number of aryl methyl sites for hydroxylation is 1. The highest BCUT2D eigenvalue weighted by Crippen LogP contribution is 2.20. The zero-order chi connectivity index (χ0) is 15.2. The molecule has 0 aliphatic heterocycles. The number of carbonyl (C=O) groups excluding carboxylic acids is 1. The van der Waals surface area contributed by atoms with Gasteiger partial charge in [-0.15, -0.1) is 0 Å². The number of hydrogen-bond donors (Lipinski definition) is 2. The van der Waals surface area contributed by atoms with Crippen molar-refractivity contribution in [2.75, 3.05) is 12.0 Å². The Morgan fingerprint density at radius 1 is 1.43 bits per heavy atom. The number of nitrogens with one attached hydrogen (secondary N) is 1.